The fraction of sp³-hybridized carbons (Fsp3) is 0.333. The molecule has 0 atom stereocenters. The number of amides is 1. The van der Waals surface area contributed by atoms with Crippen LogP contribution in [0.1, 0.15) is 40.3 Å². The van der Waals surface area contributed by atoms with Gasteiger partial charge in [-0.15, -0.1) is 0 Å². The van der Waals surface area contributed by atoms with E-state index in [9.17, 15) is 4.79 Å². The summed E-state index contributed by atoms with van der Waals surface area (Å²) >= 11 is 6.25. The molecule has 4 rings (SSSR count). The number of carbonyl (C=O) groups is 1. The van der Waals surface area contributed by atoms with E-state index in [1.54, 1.807) is 23.0 Å². The Morgan fingerprint density at radius 2 is 1.93 bits per heavy atom. The quantitative estimate of drug-likeness (QED) is 0.697. The van der Waals surface area contributed by atoms with Gasteiger partial charge >= 0.3 is 0 Å². The van der Waals surface area contributed by atoms with Gasteiger partial charge in [0.1, 0.15) is 11.5 Å². The predicted octanol–water partition coefficient (Wildman–Crippen LogP) is 3.46. The minimum absolute atomic E-state index is 0.186. The average Bonchev–Trinajstić information content (AvgIpc) is 3.36. The number of pyridine rings is 2. The fourth-order valence-corrected chi connectivity index (χ4v) is 3.72. The van der Waals surface area contributed by atoms with Crippen LogP contribution in [-0.2, 0) is 6.54 Å². The van der Waals surface area contributed by atoms with Crippen molar-refractivity contribution in [1.82, 2.24) is 25.1 Å². The minimum Gasteiger partial charge on any atom is -0.357 e. The Kier molecular flexibility index (Phi) is 5.49. The molecule has 3 aromatic rings. The van der Waals surface area contributed by atoms with E-state index < -0.39 is 0 Å². The number of carbonyl (C=O) groups excluding carboxylic acids is 1. The highest BCUT2D eigenvalue weighted by Crippen LogP contribution is 2.20. The van der Waals surface area contributed by atoms with Crippen LogP contribution in [0.4, 0.5) is 5.82 Å². The van der Waals surface area contributed by atoms with Crippen molar-refractivity contribution in [1.29, 1.82) is 0 Å². The van der Waals surface area contributed by atoms with Crippen molar-refractivity contribution in [3.63, 3.8) is 0 Å². The van der Waals surface area contributed by atoms with Crippen LogP contribution in [0.2, 0.25) is 5.02 Å². The van der Waals surface area contributed by atoms with Crippen LogP contribution < -0.4 is 10.2 Å². The number of aryl methyl sites for hydroxylation is 2. The van der Waals surface area contributed by atoms with Gasteiger partial charge < -0.3 is 10.2 Å². The van der Waals surface area contributed by atoms with Crippen LogP contribution in [0.25, 0.3) is 5.82 Å². The van der Waals surface area contributed by atoms with E-state index in [0.717, 1.165) is 35.9 Å². The van der Waals surface area contributed by atoms with Crippen molar-refractivity contribution in [2.75, 3.05) is 18.0 Å². The Balaban J connectivity index is 1.49. The van der Waals surface area contributed by atoms with Gasteiger partial charge in [-0.1, -0.05) is 11.6 Å². The maximum absolute atomic E-state index is 12.7. The number of anilines is 1. The first-order chi connectivity index (χ1) is 14.0. The lowest BCUT2D eigenvalue weighted by Crippen LogP contribution is -2.25. The van der Waals surface area contributed by atoms with Gasteiger partial charge in [-0.05, 0) is 62.6 Å². The lowest BCUT2D eigenvalue weighted by Gasteiger charge is -2.17. The molecule has 0 saturated carbocycles. The first-order valence-corrected chi connectivity index (χ1v) is 10.1. The Morgan fingerprint density at radius 1 is 1.14 bits per heavy atom. The predicted molar refractivity (Wildman–Crippen MR) is 113 cm³/mol. The number of hydrogen-bond donors (Lipinski definition) is 1. The summed E-state index contributed by atoms with van der Waals surface area (Å²) in [5.41, 5.74) is 3.00. The van der Waals surface area contributed by atoms with Crippen molar-refractivity contribution in [3.8, 4) is 5.82 Å². The highest BCUT2D eigenvalue weighted by atomic mass is 35.5. The van der Waals surface area contributed by atoms with Crippen LogP contribution in [0, 0.1) is 13.8 Å². The molecule has 4 heterocycles. The lowest BCUT2D eigenvalue weighted by molar-refractivity contribution is 0.0946. The molecule has 0 unspecified atom stereocenters. The van der Waals surface area contributed by atoms with E-state index in [1.807, 2.05) is 32.0 Å². The van der Waals surface area contributed by atoms with E-state index in [-0.39, 0.29) is 11.6 Å². The summed E-state index contributed by atoms with van der Waals surface area (Å²) in [5.74, 6) is 1.19. The first-order valence-electron chi connectivity index (χ1n) is 9.69. The summed E-state index contributed by atoms with van der Waals surface area (Å²) in [5, 5.41) is 7.64. The van der Waals surface area contributed by atoms with E-state index in [4.69, 9.17) is 11.6 Å². The van der Waals surface area contributed by atoms with Gasteiger partial charge in [0.2, 0.25) is 0 Å². The fourth-order valence-electron chi connectivity index (χ4n) is 3.53. The second-order valence-corrected chi connectivity index (χ2v) is 7.65. The second-order valence-electron chi connectivity index (χ2n) is 7.24. The SMILES string of the molecule is Cc1cc(C)n(-c2ccc(Cl)c(C(=O)NCc3ccnc(N4CCCC4)c3)n2)n1. The Labute approximate surface area is 174 Å². The molecular weight excluding hydrogens is 388 g/mol. The molecule has 0 bridgehead atoms. The van der Waals surface area contributed by atoms with Crippen LogP contribution in [0.5, 0.6) is 0 Å². The van der Waals surface area contributed by atoms with E-state index >= 15 is 0 Å². The van der Waals surface area contributed by atoms with Crippen molar-refractivity contribution in [3.05, 3.63) is 64.2 Å². The number of hydrogen-bond acceptors (Lipinski definition) is 5. The summed E-state index contributed by atoms with van der Waals surface area (Å²) < 4.78 is 1.70. The summed E-state index contributed by atoms with van der Waals surface area (Å²) in [6, 6.07) is 9.31. The molecule has 0 radical (unpaired) electrons. The standard InChI is InChI=1S/C21H23ClN6O/c1-14-11-15(2)28(26-14)18-6-5-17(22)20(25-18)21(29)24-13-16-7-8-23-19(12-16)27-9-3-4-10-27/h5-8,11-12H,3-4,9-10,13H2,1-2H3,(H,24,29). The molecular formula is C21H23ClN6O. The van der Waals surface area contributed by atoms with Crippen molar-refractivity contribution >= 4 is 23.3 Å². The van der Waals surface area contributed by atoms with Gasteiger partial charge in [-0.2, -0.15) is 5.10 Å². The molecule has 0 aliphatic carbocycles. The van der Waals surface area contributed by atoms with Gasteiger partial charge in [-0.3, -0.25) is 4.79 Å². The molecule has 1 N–H and O–H groups in total. The third kappa shape index (κ3) is 4.24. The maximum Gasteiger partial charge on any atom is 0.271 e. The molecule has 1 aliphatic rings. The molecule has 0 spiro atoms. The van der Waals surface area contributed by atoms with Crippen molar-refractivity contribution in [2.45, 2.75) is 33.2 Å². The highest BCUT2D eigenvalue weighted by Gasteiger charge is 2.16. The summed E-state index contributed by atoms with van der Waals surface area (Å²) in [6.45, 7) is 6.29. The van der Waals surface area contributed by atoms with Crippen molar-refractivity contribution in [2.24, 2.45) is 0 Å². The van der Waals surface area contributed by atoms with Crippen LogP contribution in [0.3, 0.4) is 0 Å². The minimum atomic E-state index is -0.321. The van der Waals surface area contributed by atoms with Gasteiger partial charge in [0.25, 0.3) is 5.91 Å². The highest BCUT2D eigenvalue weighted by molar-refractivity contribution is 6.33. The molecule has 7 nitrogen and oxygen atoms in total. The summed E-state index contributed by atoms with van der Waals surface area (Å²) in [7, 11) is 0. The zero-order chi connectivity index (χ0) is 20.4. The van der Waals surface area contributed by atoms with E-state index in [1.165, 1.54) is 12.8 Å². The smallest absolute Gasteiger partial charge is 0.271 e. The van der Waals surface area contributed by atoms with Crippen LogP contribution in [-0.4, -0.2) is 38.7 Å². The first kappa shape index (κ1) is 19.4. The molecule has 1 saturated heterocycles. The zero-order valence-electron chi connectivity index (χ0n) is 16.5. The Bertz CT molecular complexity index is 1040. The van der Waals surface area contributed by atoms with E-state index in [0.29, 0.717) is 17.4 Å². The van der Waals surface area contributed by atoms with E-state index in [2.05, 4.69) is 25.3 Å². The largest absolute Gasteiger partial charge is 0.357 e. The summed E-state index contributed by atoms with van der Waals surface area (Å²) in [4.78, 5) is 23.9. The molecule has 29 heavy (non-hydrogen) atoms. The lowest BCUT2D eigenvalue weighted by atomic mass is 10.2. The third-order valence-corrected chi connectivity index (χ3v) is 5.27. The van der Waals surface area contributed by atoms with Crippen molar-refractivity contribution < 1.29 is 4.79 Å². The van der Waals surface area contributed by atoms with Gasteiger partial charge in [0.15, 0.2) is 5.82 Å². The van der Waals surface area contributed by atoms with Crippen LogP contribution >= 0.6 is 11.6 Å². The zero-order valence-corrected chi connectivity index (χ0v) is 17.3. The molecule has 1 fully saturated rings. The number of nitrogens with zero attached hydrogens (tertiary/aromatic N) is 5. The molecule has 1 amide bonds. The molecule has 3 aromatic heterocycles. The topological polar surface area (TPSA) is 75.9 Å². The molecule has 150 valence electrons. The third-order valence-electron chi connectivity index (χ3n) is 4.97. The van der Waals surface area contributed by atoms with Gasteiger partial charge in [0, 0.05) is 31.5 Å². The average molecular weight is 411 g/mol. The number of nitrogens with one attached hydrogen (secondary N) is 1. The Morgan fingerprint density at radius 3 is 2.66 bits per heavy atom. The normalized spacial score (nSPS) is 13.7. The van der Waals surface area contributed by atoms with Crippen LogP contribution in [0.15, 0.2) is 36.5 Å². The number of aromatic nitrogens is 4. The molecule has 1 aliphatic heterocycles. The Hall–Kier alpha value is -2.93. The second kappa shape index (κ2) is 8.21. The molecule has 8 heteroatoms. The number of rotatable bonds is 5. The maximum atomic E-state index is 12.7. The monoisotopic (exact) mass is 410 g/mol. The van der Waals surface area contributed by atoms with Gasteiger partial charge in [-0.25, -0.2) is 14.6 Å². The molecule has 0 aromatic carbocycles. The summed E-state index contributed by atoms with van der Waals surface area (Å²) in [6.07, 6.45) is 4.17. The number of halogens is 1. The van der Waals surface area contributed by atoms with Gasteiger partial charge in [0.05, 0.1) is 10.7 Å².